The van der Waals surface area contributed by atoms with Crippen LogP contribution in [-0.4, -0.2) is 0 Å². The lowest BCUT2D eigenvalue weighted by Crippen LogP contribution is -1.95. The Morgan fingerprint density at radius 3 is 2.53 bits per heavy atom. The maximum atomic E-state index is 5.61. The maximum Gasteiger partial charge on any atom is 0.0421 e. The molecule has 3 aromatic rings. The van der Waals surface area contributed by atoms with E-state index in [1.807, 2.05) is 0 Å². The first-order valence-electron chi connectivity index (χ1n) is 5.64. The van der Waals surface area contributed by atoms with Crippen molar-refractivity contribution < 1.29 is 0 Å². The fourth-order valence-corrected chi connectivity index (χ4v) is 2.98. The Hall–Kier alpha value is -1.64. The van der Waals surface area contributed by atoms with Gasteiger partial charge in [-0.25, -0.2) is 0 Å². The second-order valence-electron chi connectivity index (χ2n) is 4.05. The van der Waals surface area contributed by atoms with Crippen molar-refractivity contribution in [2.24, 2.45) is 5.73 Å². The highest BCUT2D eigenvalue weighted by atomic mass is 32.1. The van der Waals surface area contributed by atoms with E-state index in [0.717, 1.165) is 0 Å². The van der Waals surface area contributed by atoms with Gasteiger partial charge >= 0.3 is 0 Å². The quantitative estimate of drug-likeness (QED) is 0.718. The van der Waals surface area contributed by atoms with Crippen LogP contribution in [0.5, 0.6) is 0 Å². The molecule has 1 aromatic heterocycles. The Labute approximate surface area is 105 Å². The van der Waals surface area contributed by atoms with Crippen molar-refractivity contribution in [3.63, 3.8) is 0 Å². The SMILES string of the molecule is NCc1ccc(-c2cccc3ccsc23)cc1. The van der Waals surface area contributed by atoms with Crippen LogP contribution in [0.1, 0.15) is 5.56 Å². The number of hydrogen-bond acceptors (Lipinski definition) is 2. The third kappa shape index (κ3) is 1.86. The van der Waals surface area contributed by atoms with Crippen LogP contribution in [0.15, 0.2) is 53.9 Å². The molecule has 0 radical (unpaired) electrons. The van der Waals surface area contributed by atoms with Crippen molar-refractivity contribution in [2.75, 3.05) is 0 Å². The summed E-state index contributed by atoms with van der Waals surface area (Å²) in [7, 11) is 0. The summed E-state index contributed by atoms with van der Waals surface area (Å²) < 4.78 is 1.35. The van der Waals surface area contributed by atoms with Crippen LogP contribution in [0.2, 0.25) is 0 Å². The van der Waals surface area contributed by atoms with Gasteiger partial charge in [-0.1, -0.05) is 42.5 Å². The van der Waals surface area contributed by atoms with Gasteiger partial charge in [0, 0.05) is 11.2 Å². The van der Waals surface area contributed by atoms with Gasteiger partial charge < -0.3 is 5.73 Å². The van der Waals surface area contributed by atoms with Crippen molar-refractivity contribution in [1.29, 1.82) is 0 Å². The number of nitrogens with two attached hydrogens (primary N) is 1. The minimum Gasteiger partial charge on any atom is -0.326 e. The molecule has 84 valence electrons. The van der Waals surface area contributed by atoms with Crippen molar-refractivity contribution in [1.82, 2.24) is 0 Å². The fourth-order valence-electron chi connectivity index (χ4n) is 2.04. The summed E-state index contributed by atoms with van der Waals surface area (Å²) in [5.74, 6) is 0. The zero-order valence-electron chi connectivity index (χ0n) is 9.39. The smallest absolute Gasteiger partial charge is 0.0421 e. The van der Waals surface area contributed by atoms with E-state index in [1.54, 1.807) is 11.3 Å². The molecule has 1 heterocycles. The van der Waals surface area contributed by atoms with E-state index in [2.05, 4.69) is 53.9 Å². The average Bonchev–Trinajstić information content (AvgIpc) is 2.87. The Morgan fingerprint density at radius 1 is 0.941 bits per heavy atom. The molecule has 0 atom stereocenters. The minimum atomic E-state index is 0.601. The molecule has 0 saturated carbocycles. The average molecular weight is 239 g/mol. The van der Waals surface area contributed by atoms with Gasteiger partial charge in [-0.2, -0.15) is 0 Å². The molecule has 0 aliphatic carbocycles. The molecule has 0 fully saturated rings. The lowest BCUT2D eigenvalue weighted by molar-refractivity contribution is 1.07. The van der Waals surface area contributed by atoms with Gasteiger partial charge in [0.05, 0.1) is 0 Å². The molecular formula is C15H13NS. The summed E-state index contributed by atoms with van der Waals surface area (Å²) in [6.07, 6.45) is 0. The molecule has 0 amide bonds. The van der Waals surface area contributed by atoms with Crippen molar-refractivity contribution in [3.8, 4) is 11.1 Å². The largest absolute Gasteiger partial charge is 0.326 e. The summed E-state index contributed by atoms with van der Waals surface area (Å²) in [6.45, 7) is 0.601. The maximum absolute atomic E-state index is 5.61. The molecule has 0 bridgehead atoms. The number of benzene rings is 2. The first-order valence-corrected chi connectivity index (χ1v) is 6.52. The van der Waals surface area contributed by atoms with Gasteiger partial charge in [-0.15, -0.1) is 11.3 Å². The van der Waals surface area contributed by atoms with E-state index >= 15 is 0 Å². The first kappa shape index (κ1) is 10.5. The van der Waals surface area contributed by atoms with Crippen LogP contribution < -0.4 is 5.73 Å². The third-order valence-electron chi connectivity index (χ3n) is 2.98. The topological polar surface area (TPSA) is 26.0 Å². The van der Waals surface area contributed by atoms with E-state index in [1.165, 1.54) is 26.8 Å². The summed E-state index contributed by atoms with van der Waals surface area (Å²) in [4.78, 5) is 0. The van der Waals surface area contributed by atoms with Crippen LogP contribution in [0.4, 0.5) is 0 Å². The first-order chi connectivity index (χ1) is 8.38. The predicted molar refractivity (Wildman–Crippen MR) is 75.2 cm³/mol. The lowest BCUT2D eigenvalue weighted by atomic mass is 10.0. The minimum absolute atomic E-state index is 0.601. The van der Waals surface area contributed by atoms with E-state index in [-0.39, 0.29) is 0 Å². The number of thiophene rings is 1. The van der Waals surface area contributed by atoms with Crippen LogP contribution in [0.25, 0.3) is 21.2 Å². The Balaban J connectivity index is 2.16. The highest BCUT2D eigenvalue weighted by molar-refractivity contribution is 7.17. The van der Waals surface area contributed by atoms with Crippen molar-refractivity contribution in [2.45, 2.75) is 6.54 Å². The molecule has 0 aliphatic rings. The second kappa shape index (κ2) is 4.32. The molecule has 3 rings (SSSR count). The molecule has 17 heavy (non-hydrogen) atoms. The van der Waals surface area contributed by atoms with Crippen LogP contribution in [0, 0.1) is 0 Å². The summed E-state index contributed by atoms with van der Waals surface area (Å²) in [6, 6.07) is 17.1. The van der Waals surface area contributed by atoms with Gasteiger partial charge in [0.2, 0.25) is 0 Å². The fraction of sp³-hybridized carbons (Fsp3) is 0.0667. The molecule has 0 aliphatic heterocycles. The van der Waals surface area contributed by atoms with E-state index < -0.39 is 0 Å². The van der Waals surface area contributed by atoms with Crippen LogP contribution >= 0.6 is 11.3 Å². The van der Waals surface area contributed by atoms with Crippen molar-refractivity contribution in [3.05, 3.63) is 59.5 Å². The lowest BCUT2D eigenvalue weighted by Gasteiger charge is -2.04. The number of fused-ring (bicyclic) bond motifs is 1. The molecular weight excluding hydrogens is 226 g/mol. The molecule has 1 nitrogen and oxygen atoms in total. The molecule has 2 aromatic carbocycles. The molecule has 0 spiro atoms. The van der Waals surface area contributed by atoms with Crippen LogP contribution in [0.3, 0.4) is 0 Å². The zero-order valence-corrected chi connectivity index (χ0v) is 10.2. The van der Waals surface area contributed by atoms with E-state index in [4.69, 9.17) is 5.73 Å². The van der Waals surface area contributed by atoms with Gasteiger partial charge in [0.25, 0.3) is 0 Å². The second-order valence-corrected chi connectivity index (χ2v) is 4.96. The molecule has 0 unspecified atom stereocenters. The summed E-state index contributed by atoms with van der Waals surface area (Å²) in [5.41, 5.74) is 9.35. The highest BCUT2D eigenvalue weighted by Crippen LogP contribution is 2.32. The van der Waals surface area contributed by atoms with Gasteiger partial charge in [0.15, 0.2) is 0 Å². The predicted octanol–water partition coefficient (Wildman–Crippen LogP) is 4.03. The number of hydrogen-bond donors (Lipinski definition) is 1. The Morgan fingerprint density at radius 2 is 1.76 bits per heavy atom. The third-order valence-corrected chi connectivity index (χ3v) is 3.94. The summed E-state index contributed by atoms with van der Waals surface area (Å²) in [5, 5.41) is 3.46. The summed E-state index contributed by atoms with van der Waals surface area (Å²) >= 11 is 1.79. The van der Waals surface area contributed by atoms with Gasteiger partial charge in [-0.3, -0.25) is 0 Å². The van der Waals surface area contributed by atoms with E-state index in [9.17, 15) is 0 Å². The van der Waals surface area contributed by atoms with Gasteiger partial charge in [-0.05, 0) is 33.5 Å². The van der Waals surface area contributed by atoms with Gasteiger partial charge in [0.1, 0.15) is 0 Å². The molecule has 2 heteroatoms. The highest BCUT2D eigenvalue weighted by Gasteiger charge is 2.04. The Kier molecular flexibility index (Phi) is 2.67. The number of rotatable bonds is 2. The molecule has 0 saturated heterocycles. The Bertz CT molecular complexity index is 637. The zero-order chi connectivity index (χ0) is 11.7. The monoisotopic (exact) mass is 239 g/mol. The van der Waals surface area contributed by atoms with Crippen LogP contribution in [-0.2, 0) is 6.54 Å². The van der Waals surface area contributed by atoms with E-state index in [0.29, 0.717) is 6.54 Å². The standard InChI is InChI=1S/C15H13NS/c16-10-11-4-6-12(7-5-11)14-3-1-2-13-8-9-17-15(13)14/h1-9H,10,16H2. The molecule has 2 N–H and O–H groups in total. The normalized spacial score (nSPS) is 10.9. The van der Waals surface area contributed by atoms with Crippen molar-refractivity contribution >= 4 is 21.4 Å².